The van der Waals surface area contributed by atoms with Crippen LogP contribution in [0.15, 0.2) is 30.6 Å². The number of anilines is 1. The quantitative estimate of drug-likeness (QED) is 0.397. The summed E-state index contributed by atoms with van der Waals surface area (Å²) in [5.41, 5.74) is 2.89. The number of carbonyl (C=O) groups excluding carboxylic acids is 1. The number of nitrogens with zero attached hydrogens (tertiary/aromatic N) is 4. The third kappa shape index (κ3) is 3.85. The van der Waals surface area contributed by atoms with Crippen LogP contribution in [0, 0.1) is 5.92 Å². The monoisotopic (exact) mass is 506 g/mol. The molecule has 29 heavy (non-hydrogen) atoms. The summed E-state index contributed by atoms with van der Waals surface area (Å²) in [7, 11) is 0. The standard InChI is InChI=1S/C20H23IN6O2/c1-12-6-16(9-22-12)29-17-10-23-27(11-21)19(17)14-4-5-26-15(7-14)8-18(25-26)24-20(28)13-2-3-13/h4-5,7-8,10,12-13,16,22H,2-3,6,9,11H2,1H3,(H,24,25,28)/t12-,16-/m0/s1. The smallest absolute Gasteiger partial charge is 0.228 e. The molecule has 4 heterocycles. The minimum atomic E-state index is 0.0618. The van der Waals surface area contributed by atoms with E-state index < -0.39 is 0 Å². The third-order valence-corrected chi connectivity index (χ3v) is 6.11. The zero-order valence-electron chi connectivity index (χ0n) is 16.1. The predicted octanol–water partition coefficient (Wildman–Crippen LogP) is 3.07. The van der Waals surface area contributed by atoms with E-state index in [0.717, 1.165) is 52.9 Å². The van der Waals surface area contributed by atoms with Crippen molar-refractivity contribution in [2.75, 3.05) is 11.9 Å². The van der Waals surface area contributed by atoms with Crippen LogP contribution in [0.1, 0.15) is 26.2 Å². The molecule has 8 nitrogen and oxygen atoms in total. The molecule has 0 radical (unpaired) electrons. The molecule has 2 aliphatic rings. The van der Waals surface area contributed by atoms with Gasteiger partial charge in [-0.2, -0.15) is 10.2 Å². The second kappa shape index (κ2) is 7.60. The van der Waals surface area contributed by atoms with Crippen molar-refractivity contribution in [1.82, 2.24) is 24.7 Å². The summed E-state index contributed by atoms with van der Waals surface area (Å²) in [6.07, 6.45) is 6.80. The first-order valence-corrected chi connectivity index (χ1v) is 11.5. The Hall–Kier alpha value is -2.14. The Balaban J connectivity index is 1.44. The summed E-state index contributed by atoms with van der Waals surface area (Å²) in [6.45, 7) is 3.02. The summed E-state index contributed by atoms with van der Waals surface area (Å²) in [5.74, 6) is 1.60. The zero-order valence-corrected chi connectivity index (χ0v) is 18.3. The SMILES string of the molecule is C[C@H]1C[C@H](Oc2cnn(CI)c2-c2ccn3nc(NC(=O)C4CC4)cc3c2)CN1. The average Bonchev–Trinajstić information content (AvgIpc) is 3.19. The number of alkyl halides is 1. The van der Waals surface area contributed by atoms with E-state index >= 15 is 0 Å². The van der Waals surface area contributed by atoms with Gasteiger partial charge in [0.05, 0.1) is 16.3 Å². The molecule has 2 atom stereocenters. The van der Waals surface area contributed by atoms with Crippen LogP contribution in [0.4, 0.5) is 5.82 Å². The van der Waals surface area contributed by atoms with Gasteiger partial charge in [0.1, 0.15) is 11.8 Å². The van der Waals surface area contributed by atoms with E-state index in [4.69, 9.17) is 4.74 Å². The number of fused-ring (bicyclic) bond motifs is 1. The summed E-state index contributed by atoms with van der Waals surface area (Å²) in [5, 5.41) is 15.3. The molecular formula is C20H23IN6O2. The predicted molar refractivity (Wildman–Crippen MR) is 118 cm³/mol. The molecular weight excluding hydrogens is 483 g/mol. The molecule has 1 amide bonds. The molecule has 1 saturated heterocycles. The van der Waals surface area contributed by atoms with Crippen molar-refractivity contribution in [1.29, 1.82) is 0 Å². The number of pyridine rings is 1. The highest BCUT2D eigenvalue weighted by molar-refractivity contribution is 14.1. The van der Waals surface area contributed by atoms with Gasteiger partial charge < -0.3 is 15.4 Å². The molecule has 9 heteroatoms. The zero-order chi connectivity index (χ0) is 20.0. The number of aromatic nitrogens is 4. The highest BCUT2D eigenvalue weighted by Gasteiger charge is 2.30. The van der Waals surface area contributed by atoms with Crippen LogP contribution in [-0.4, -0.2) is 44.0 Å². The number of nitrogens with one attached hydrogen (secondary N) is 2. The van der Waals surface area contributed by atoms with Gasteiger partial charge in [0.15, 0.2) is 11.6 Å². The van der Waals surface area contributed by atoms with Gasteiger partial charge in [-0.25, -0.2) is 4.52 Å². The second-order valence-electron chi connectivity index (χ2n) is 7.84. The second-order valence-corrected chi connectivity index (χ2v) is 8.52. The number of halogens is 1. The molecule has 2 fully saturated rings. The first-order chi connectivity index (χ1) is 14.1. The van der Waals surface area contributed by atoms with E-state index in [-0.39, 0.29) is 17.9 Å². The number of hydrogen-bond donors (Lipinski definition) is 2. The van der Waals surface area contributed by atoms with Crippen LogP contribution in [0.2, 0.25) is 0 Å². The van der Waals surface area contributed by atoms with Gasteiger partial charge in [-0.1, -0.05) is 22.6 Å². The summed E-state index contributed by atoms with van der Waals surface area (Å²) < 4.78 is 10.7. The van der Waals surface area contributed by atoms with Gasteiger partial charge in [0, 0.05) is 42.8 Å². The lowest BCUT2D eigenvalue weighted by molar-refractivity contribution is -0.117. The Bertz CT molecular complexity index is 1060. The van der Waals surface area contributed by atoms with E-state index in [1.165, 1.54) is 0 Å². The average molecular weight is 506 g/mol. The fraction of sp³-hybridized carbons (Fsp3) is 0.450. The number of rotatable bonds is 6. The minimum absolute atomic E-state index is 0.0618. The van der Waals surface area contributed by atoms with Crippen molar-refractivity contribution in [2.45, 2.75) is 42.9 Å². The molecule has 5 rings (SSSR count). The van der Waals surface area contributed by atoms with E-state index in [1.807, 2.05) is 23.0 Å². The van der Waals surface area contributed by atoms with Crippen LogP contribution >= 0.6 is 22.6 Å². The molecule has 3 aromatic heterocycles. The normalized spacial score (nSPS) is 21.6. The summed E-state index contributed by atoms with van der Waals surface area (Å²) >= 11 is 2.30. The number of amides is 1. The van der Waals surface area contributed by atoms with Crippen molar-refractivity contribution in [3.05, 3.63) is 30.6 Å². The van der Waals surface area contributed by atoms with Gasteiger partial charge in [-0.15, -0.1) is 0 Å². The highest BCUT2D eigenvalue weighted by Crippen LogP contribution is 2.34. The van der Waals surface area contributed by atoms with Gasteiger partial charge in [-0.3, -0.25) is 9.48 Å². The number of carbonyl (C=O) groups is 1. The Morgan fingerprint density at radius 3 is 3.00 bits per heavy atom. The summed E-state index contributed by atoms with van der Waals surface area (Å²) in [6, 6.07) is 6.43. The van der Waals surface area contributed by atoms with Crippen molar-refractivity contribution >= 4 is 39.8 Å². The molecule has 0 unspecified atom stereocenters. The largest absolute Gasteiger partial charge is 0.485 e. The Kier molecular flexibility index (Phi) is 4.94. The fourth-order valence-electron chi connectivity index (χ4n) is 3.78. The maximum Gasteiger partial charge on any atom is 0.228 e. The Morgan fingerprint density at radius 1 is 1.41 bits per heavy atom. The van der Waals surface area contributed by atoms with Gasteiger partial charge >= 0.3 is 0 Å². The van der Waals surface area contributed by atoms with E-state index in [9.17, 15) is 4.79 Å². The molecule has 1 aliphatic heterocycles. The molecule has 152 valence electrons. The summed E-state index contributed by atoms with van der Waals surface area (Å²) in [4.78, 5) is 12.0. The van der Waals surface area contributed by atoms with Crippen LogP contribution in [0.25, 0.3) is 16.8 Å². The minimum Gasteiger partial charge on any atom is -0.485 e. The van der Waals surface area contributed by atoms with Crippen molar-refractivity contribution in [3.8, 4) is 17.0 Å². The van der Waals surface area contributed by atoms with E-state index in [0.29, 0.717) is 11.9 Å². The van der Waals surface area contributed by atoms with Crippen LogP contribution in [0.3, 0.4) is 0 Å². The van der Waals surface area contributed by atoms with Gasteiger partial charge in [-0.05, 0) is 31.9 Å². The van der Waals surface area contributed by atoms with Crippen LogP contribution in [0.5, 0.6) is 5.75 Å². The molecule has 3 aromatic rings. The first kappa shape index (κ1) is 18.9. The lowest BCUT2D eigenvalue weighted by Crippen LogP contribution is -2.20. The number of hydrogen-bond acceptors (Lipinski definition) is 5. The topological polar surface area (TPSA) is 85.5 Å². The molecule has 0 aromatic carbocycles. The molecule has 2 N–H and O–H groups in total. The first-order valence-electron chi connectivity index (χ1n) is 9.93. The van der Waals surface area contributed by atoms with Gasteiger partial charge in [0.25, 0.3) is 0 Å². The highest BCUT2D eigenvalue weighted by atomic mass is 127. The lowest BCUT2D eigenvalue weighted by Gasteiger charge is -2.14. The molecule has 0 bridgehead atoms. The molecule has 1 saturated carbocycles. The lowest BCUT2D eigenvalue weighted by atomic mass is 10.1. The van der Waals surface area contributed by atoms with Crippen LogP contribution in [-0.2, 0) is 9.35 Å². The number of ether oxygens (including phenoxy) is 1. The third-order valence-electron chi connectivity index (χ3n) is 5.46. The van der Waals surface area contributed by atoms with Crippen molar-refractivity contribution < 1.29 is 9.53 Å². The maximum absolute atomic E-state index is 12.0. The van der Waals surface area contributed by atoms with Crippen molar-refractivity contribution in [2.24, 2.45) is 5.92 Å². The van der Waals surface area contributed by atoms with E-state index in [2.05, 4.69) is 56.4 Å². The van der Waals surface area contributed by atoms with Crippen LogP contribution < -0.4 is 15.4 Å². The molecule has 0 spiro atoms. The van der Waals surface area contributed by atoms with E-state index in [1.54, 1.807) is 10.7 Å². The Morgan fingerprint density at radius 2 is 2.28 bits per heavy atom. The van der Waals surface area contributed by atoms with Crippen molar-refractivity contribution in [3.63, 3.8) is 0 Å². The Labute approximate surface area is 182 Å². The van der Waals surface area contributed by atoms with Gasteiger partial charge in [0.2, 0.25) is 5.91 Å². The fourth-order valence-corrected chi connectivity index (χ4v) is 4.29. The molecule has 1 aliphatic carbocycles. The maximum atomic E-state index is 12.0.